The van der Waals surface area contributed by atoms with Crippen molar-refractivity contribution in [2.45, 2.75) is 23.5 Å². The van der Waals surface area contributed by atoms with Crippen molar-refractivity contribution < 1.29 is 4.74 Å². The standard InChI is InChI=1S/C15H22N2OS/c1-16-10-12-11-17(7-8-18-12)14-6-9-19-15-5-3-2-4-13(14)15/h2-5,12,14,16H,6-11H2,1H3. The van der Waals surface area contributed by atoms with Crippen LogP contribution in [0.5, 0.6) is 0 Å². The molecule has 1 saturated heterocycles. The van der Waals surface area contributed by atoms with Gasteiger partial charge in [-0.1, -0.05) is 18.2 Å². The van der Waals surface area contributed by atoms with Crippen molar-refractivity contribution in [1.29, 1.82) is 0 Å². The zero-order valence-electron chi connectivity index (χ0n) is 11.5. The molecule has 0 amide bonds. The molecule has 19 heavy (non-hydrogen) atoms. The highest BCUT2D eigenvalue weighted by atomic mass is 32.2. The molecule has 2 atom stereocenters. The van der Waals surface area contributed by atoms with E-state index in [2.05, 4.69) is 34.5 Å². The van der Waals surface area contributed by atoms with Gasteiger partial charge in [-0.3, -0.25) is 4.90 Å². The number of morpholine rings is 1. The van der Waals surface area contributed by atoms with Gasteiger partial charge in [-0.25, -0.2) is 0 Å². The number of likely N-dealkylation sites (N-methyl/N-ethyl adjacent to an activating group) is 1. The molecule has 2 aliphatic heterocycles. The van der Waals surface area contributed by atoms with Gasteiger partial charge in [-0.05, 0) is 30.9 Å². The smallest absolute Gasteiger partial charge is 0.0826 e. The molecular formula is C15H22N2OS. The Hall–Kier alpha value is -0.550. The summed E-state index contributed by atoms with van der Waals surface area (Å²) in [4.78, 5) is 4.08. The topological polar surface area (TPSA) is 24.5 Å². The van der Waals surface area contributed by atoms with Gasteiger partial charge in [0.15, 0.2) is 0 Å². The second kappa shape index (κ2) is 6.27. The Labute approximate surface area is 119 Å². The highest BCUT2D eigenvalue weighted by molar-refractivity contribution is 7.99. The molecule has 0 saturated carbocycles. The maximum absolute atomic E-state index is 5.82. The molecule has 1 aromatic carbocycles. The van der Waals surface area contributed by atoms with Crippen LogP contribution in [0, 0.1) is 0 Å². The molecule has 3 rings (SSSR count). The SMILES string of the molecule is CNCC1CN(C2CCSc3ccccc32)CCO1. The second-order valence-corrected chi connectivity index (χ2v) is 6.37. The van der Waals surface area contributed by atoms with E-state index in [1.54, 1.807) is 0 Å². The Bertz CT molecular complexity index is 424. The van der Waals surface area contributed by atoms with Crippen LogP contribution < -0.4 is 5.32 Å². The van der Waals surface area contributed by atoms with E-state index >= 15 is 0 Å². The summed E-state index contributed by atoms with van der Waals surface area (Å²) in [6, 6.07) is 9.47. The Kier molecular flexibility index (Phi) is 4.43. The third-order valence-corrected chi connectivity index (χ3v) is 5.09. The number of nitrogens with one attached hydrogen (secondary N) is 1. The largest absolute Gasteiger partial charge is 0.374 e. The van der Waals surface area contributed by atoms with Crippen LogP contribution in [0.25, 0.3) is 0 Å². The van der Waals surface area contributed by atoms with Gasteiger partial charge >= 0.3 is 0 Å². The summed E-state index contributed by atoms with van der Waals surface area (Å²) in [5.41, 5.74) is 1.52. The van der Waals surface area contributed by atoms with E-state index in [1.165, 1.54) is 22.6 Å². The lowest BCUT2D eigenvalue weighted by atomic mass is 10.0. The fraction of sp³-hybridized carbons (Fsp3) is 0.600. The Morgan fingerprint density at radius 2 is 2.32 bits per heavy atom. The van der Waals surface area contributed by atoms with Crippen LogP contribution in [0.3, 0.4) is 0 Å². The number of fused-ring (bicyclic) bond motifs is 1. The molecule has 1 fully saturated rings. The van der Waals surface area contributed by atoms with E-state index in [9.17, 15) is 0 Å². The number of benzene rings is 1. The number of rotatable bonds is 3. The van der Waals surface area contributed by atoms with Crippen molar-refractivity contribution in [2.24, 2.45) is 0 Å². The summed E-state index contributed by atoms with van der Waals surface area (Å²) < 4.78 is 5.82. The third-order valence-electron chi connectivity index (χ3n) is 3.97. The van der Waals surface area contributed by atoms with Crippen LogP contribution in [0.15, 0.2) is 29.2 Å². The van der Waals surface area contributed by atoms with Gasteiger partial charge in [0, 0.05) is 30.6 Å². The van der Waals surface area contributed by atoms with Gasteiger partial charge in [0.05, 0.1) is 12.7 Å². The van der Waals surface area contributed by atoms with Crippen LogP contribution in [-0.2, 0) is 4.74 Å². The average molecular weight is 278 g/mol. The van der Waals surface area contributed by atoms with Gasteiger partial charge in [-0.15, -0.1) is 11.8 Å². The lowest BCUT2D eigenvalue weighted by molar-refractivity contribution is -0.0428. The molecule has 1 aromatic rings. The Balaban J connectivity index is 1.75. The Morgan fingerprint density at radius 1 is 1.42 bits per heavy atom. The maximum Gasteiger partial charge on any atom is 0.0826 e. The average Bonchev–Trinajstić information content (AvgIpc) is 2.47. The second-order valence-electron chi connectivity index (χ2n) is 5.24. The zero-order valence-corrected chi connectivity index (χ0v) is 12.3. The molecule has 0 bridgehead atoms. The lowest BCUT2D eigenvalue weighted by Gasteiger charge is -2.40. The van der Waals surface area contributed by atoms with Crippen LogP contribution in [-0.4, -0.2) is 50.0 Å². The van der Waals surface area contributed by atoms with Crippen molar-refractivity contribution in [3.8, 4) is 0 Å². The van der Waals surface area contributed by atoms with Gasteiger partial charge in [0.2, 0.25) is 0 Å². The van der Waals surface area contributed by atoms with E-state index in [0.29, 0.717) is 12.1 Å². The number of hydrogen-bond donors (Lipinski definition) is 1. The summed E-state index contributed by atoms with van der Waals surface area (Å²) in [6.07, 6.45) is 1.59. The minimum absolute atomic E-state index is 0.334. The Morgan fingerprint density at radius 3 is 3.21 bits per heavy atom. The number of thioether (sulfide) groups is 1. The van der Waals surface area contributed by atoms with E-state index in [4.69, 9.17) is 4.74 Å². The first-order valence-electron chi connectivity index (χ1n) is 7.10. The maximum atomic E-state index is 5.82. The first kappa shape index (κ1) is 13.4. The van der Waals surface area contributed by atoms with Crippen LogP contribution >= 0.6 is 11.8 Å². The molecule has 2 unspecified atom stereocenters. The number of hydrogen-bond acceptors (Lipinski definition) is 4. The minimum atomic E-state index is 0.334. The molecular weight excluding hydrogens is 256 g/mol. The molecule has 0 radical (unpaired) electrons. The van der Waals surface area contributed by atoms with Crippen LogP contribution in [0.2, 0.25) is 0 Å². The zero-order chi connectivity index (χ0) is 13.1. The first-order chi connectivity index (χ1) is 9.38. The van der Waals surface area contributed by atoms with Crippen molar-refractivity contribution >= 4 is 11.8 Å². The number of nitrogens with zero attached hydrogens (tertiary/aromatic N) is 1. The predicted octanol–water partition coefficient (Wildman–Crippen LogP) is 2.14. The molecule has 2 heterocycles. The van der Waals surface area contributed by atoms with E-state index in [1.807, 2.05) is 18.8 Å². The molecule has 0 spiro atoms. The number of ether oxygens (including phenoxy) is 1. The van der Waals surface area contributed by atoms with Gasteiger partial charge < -0.3 is 10.1 Å². The molecule has 2 aliphatic rings. The molecule has 3 nitrogen and oxygen atoms in total. The van der Waals surface area contributed by atoms with Crippen LogP contribution in [0.4, 0.5) is 0 Å². The van der Waals surface area contributed by atoms with Gasteiger partial charge in [0.1, 0.15) is 0 Å². The van der Waals surface area contributed by atoms with Gasteiger partial charge in [-0.2, -0.15) is 0 Å². The van der Waals surface area contributed by atoms with E-state index < -0.39 is 0 Å². The first-order valence-corrected chi connectivity index (χ1v) is 8.09. The monoisotopic (exact) mass is 278 g/mol. The fourth-order valence-corrected chi connectivity index (χ4v) is 4.19. The highest BCUT2D eigenvalue weighted by Gasteiger charge is 2.30. The summed E-state index contributed by atoms with van der Waals surface area (Å²) >= 11 is 2.00. The summed E-state index contributed by atoms with van der Waals surface area (Å²) in [6.45, 7) is 3.91. The van der Waals surface area contributed by atoms with Crippen LogP contribution in [0.1, 0.15) is 18.0 Å². The van der Waals surface area contributed by atoms with Crippen molar-refractivity contribution in [2.75, 3.05) is 39.0 Å². The predicted molar refractivity (Wildman–Crippen MR) is 79.8 cm³/mol. The fourth-order valence-electron chi connectivity index (χ4n) is 3.08. The highest BCUT2D eigenvalue weighted by Crippen LogP contribution is 2.39. The van der Waals surface area contributed by atoms with Crippen molar-refractivity contribution in [1.82, 2.24) is 10.2 Å². The summed E-state index contributed by atoms with van der Waals surface area (Å²) in [7, 11) is 1.99. The van der Waals surface area contributed by atoms with E-state index in [-0.39, 0.29) is 0 Å². The normalized spacial score (nSPS) is 28.1. The minimum Gasteiger partial charge on any atom is -0.374 e. The summed E-state index contributed by atoms with van der Waals surface area (Å²) in [5.74, 6) is 1.23. The third kappa shape index (κ3) is 2.97. The molecule has 1 N–H and O–H groups in total. The summed E-state index contributed by atoms with van der Waals surface area (Å²) in [5, 5.41) is 3.22. The van der Waals surface area contributed by atoms with E-state index in [0.717, 1.165) is 26.2 Å². The molecule has 4 heteroatoms. The molecule has 0 aliphatic carbocycles. The van der Waals surface area contributed by atoms with Crippen molar-refractivity contribution in [3.63, 3.8) is 0 Å². The van der Waals surface area contributed by atoms with Gasteiger partial charge in [0.25, 0.3) is 0 Å². The molecule has 104 valence electrons. The quantitative estimate of drug-likeness (QED) is 0.915. The lowest BCUT2D eigenvalue weighted by Crippen LogP contribution is -2.47. The van der Waals surface area contributed by atoms with Crippen molar-refractivity contribution in [3.05, 3.63) is 29.8 Å². The molecule has 0 aromatic heterocycles.